The number of sulfonamides is 1. The van der Waals surface area contributed by atoms with Crippen LogP contribution in [0.5, 0.6) is 11.5 Å². The van der Waals surface area contributed by atoms with Gasteiger partial charge in [-0.05, 0) is 30.3 Å². The van der Waals surface area contributed by atoms with Crippen LogP contribution in [0.15, 0.2) is 47.4 Å². The van der Waals surface area contributed by atoms with Gasteiger partial charge in [0.2, 0.25) is 0 Å². The van der Waals surface area contributed by atoms with Crippen LogP contribution in [0.2, 0.25) is 0 Å². The first-order valence-electron chi connectivity index (χ1n) is 7.92. The number of nitro groups is 1. The zero-order valence-electron chi connectivity index (χ0n) is 15.4. The summed E-state index contributed by atoms with van der Waals surface area (Å²) < 4.78 is 37.9. The fourth-order valence-corrected chi connectivity index (χ4v) is 3.34. The molecule has 0 saturated carbocycles. The second-order valence-corrected chi connectivity index (χ2v) is 7.45. The van der Waals surface area contributed by atoms with Gasteiger partial charge in [0.1, 0.15) is 16.4 Å². The number of nitrogens with zero attached hydrogens (tertiary/aromatic N) is 2. The molecule has 11 heteroatoms. The quantitative estimate of drug-likeness (QED) is 0.521. The highest BCUT2D eigenvalue weighted by atomic mass is 32.2. The number of amides is 1. The third-order valence-electron chi connectivity index (χ3n) is 3.62. The predicted octanol–water partition coefficient (Wildman–Crippen LogP) is 1.87. The molecule has 0 spiro atoms. The van der Waals surface area contributed by atoms with E-state index in [0.29, 0.717) is 5.75 Å². The minimum absolute atomic E-state index is 0.0275. The van der Waals surface area contributed by atoms with Crippen molar-refractivity contribution in [3.05, 3.63) is 52.6 Å². The summed E-state index contributed by atoms with van der Waals surface area (Å²) in [6.07, 6.45) is 0. The van der Waals surface area contributed by atoms with Gasteiger partial charge in [0.15, 0.2) is 6.61 Å². The van der Waals surface area contributed by atoms with Crippen LogP contribution in [-0.2, 0) is 14.8 Å². The van der Waals surface area contributed by atoms with Crippen molar-refractivity contribution in [3.8, 4) is 11.5 Å². The summed E-state index contributed by atoms with van der Waals surface area (Å²) in [5.41, 5.74) is -0.171. The Morgan fingerprint density at radius 2 is 1.82 bits per heavy atom. The molecule has 0 aliphatic rings. The number of benzene rings is 2. The number of hydrogen-bond acceptors (Lipinski definition) is 7. The number of carbonyl (C=O) groups is 1. The second kappa shape index (κ2) is 8.57. The van der Waals surface area contributed by atoms with Crippen molar-refractivity contribution >= 4 is 27.3 Å². The van der Waals surface area contributed by atoms with Gasteiger partial charge < -0.3 is 14.4 Å². The summed E-state index contributed by atoms with van der Waals surface area (Å²) >= 11 is 0. The molecule has 0 atom stereocenters. The Bertz CT molecular complexity index is 973. The molecule has 1 amide bonds. The molecule has 28 heavy (non-hydrogen) atoms. The zero-order chi connectivity index (χ0) is 20.9. The Morgan fingerprint density at radius 3 is 2.36 bits per heavy atom. The van der Waals surface area contributed by atoms with E-state index in [1.807, 2.05) is 0 Å². The molecule has 0 aliphatic carbocycles. The Balaban J connectivity index is 2.19. The maximum atomic E-state index is 12.6. The first-order chi connectivity index (χ1) is 13.1. The molecule has 0 aromatic heterocycles. The van der Waals surface area contributed by atoms with Crippen molar-refractivity contribution in [1.29, 1.82) is 0 Å². The van der Waals surface area contributed by atoms with Crippen molar-refractivity contribution in [1.82, 2.24) is 4.90 Å². The van der Waals surface area contributed by atoms with Crippen LogP contribution >= 0.6 is 0 Å². The number of methoxy groups -OCH3 is 1. The van der Waals surface area contributed by atoms with Gasteiger partial charge in [-0.25, -0.2) is 8.42 Å². The molecule has 0 heterocycles. The number of non-ortho nitro benzene ring substituents is 1. The number of carbonyl (C=O) groups excluding carboxylic acids is 1. The van der Waals surface area contributed by atoms with Crippen LogP contribution in [0, 0.1) is 10.1 Å². The highest BCUT2D eigenvalue weighted by molar-refractivity contribution is 7.92. The van der Waals surface area contributed by atoms with Gasteiger partial charge in [-0.15, -0.1) is 0 Å². The molecule has 2 rings (SSSR count). The van der Waals surface area contributed by atoms with Crippen molar-refractivity contribution in [2.24, 2.45) is 0 Å². The lowest BCUT2D eigenvalue weighted by Crippen LogP contribution is -2.27. The standard InChI is InChI=1S/C17H19N3O7S/c1-19(2)17(21)11-27-14-7-4-12(5-8-14)18-28(24,25)16-10-13(20(22)23)6-9-15(16)26-3/h4-10,18H,11H2,1-3H3. The monoisotopic (exact) mass is 409 g/mol. The van der Waals surface area contributed by atoms with Gasteiger partial charge in [-0.3, -0.25) is 19.6 Å². The SMILES string of the molecule is COc1ccc([N+](=O)[O-])cc1S(=O)(=O)Nc1ccc(OCC(=O)N(C)C)cc1. The molecular formula is C17H19N3O7S. The molecule has 0 aliphatic heterocycles. The number of ether oxygens (including phenoxy) is 2. The molecular weight excluding hydrogens is 390 g/mol. The topological polar surface area (TPSA) is 128 Å². The molecule has 0 bridgehead atoms. The number of hydrogen-bond donors (Lipinski definition) is 1. The summed E-state index contributed by atoms with van der Waals surface area (Å²) in [7, 11) is 0.328. The summed E-state index contributed by atoms with van der Waals surface area (Å²) in [6, 6.07) is 9.15. The molecule has 10 nitrogen and oxygen atoms in total. The van der Waals surface area contributed by atoms with E-state index in [4.69, 9.17) is 9.47 Å². The van der Waals surface area contributed by atoms with Gasteiger partial charge in [0, 0.05) is 31.9 Å². The largest absolute Gasteiger partial charge is 0.495 e. The zero-order valence-corrected chi connectivity index (χ0v) is 16.2. The molecule has 0 fully saturated rings. The van der Waals surface area contributed by atoms with E-state index in [2.05, 4.69) is 4.72 Å². The van der Waals surface area contributed by atoms with Crippen molar-refractivity contribution in [2.75, 3.05) is 32.5 Å². The van der Waals surface area contributed by atoms with Gasteiger partial charge in [-0.2, -0.15) is 0 Å². The van der Waals surface area contributed by atoms with Crippen molar-refractivity contribution in [3.63, 3.8) is 0 Å². The predicted molar refractivity (Wildman–Crippen MR) is 101 cm³/mol. The minimum Gasteiger partial charge on any atom is -0.495 e. The summed E-state index contributed by atoms with van der Waals surface area (Å²) in [5, 5.41) is 10.9. The third kappa shape index (κ3) is 5.10. The van der Waals surface area contributed by atoms with Crippen LogP contribution < -0.4 is 14.2 Å². The molecule has 2 aromatic rings. The van der Waals surface area contributed by atoms with Gasteiger partial charge in [-0.1, -0.05) is 0 Å². The van der Waals surface area contributed by atoms with E-state index < -0.39 is 14.9 Å². The Kier molecular flexibility index (Phi) is 6.41. The fourth-order valence-electron chi connectivity index (χ4n) is 2.09. The Labute approximate surface area is 161 Å². The van der Waals surface area contributed by atoms with Gasteiger partial charge in [0.25, 0.3) is 21.6 Å². The van der Waals surface area contributed by atoms with Gasteiger partial charge >= 0.3 is 0 Å². The lowest BCUT2D eigenvalue weighted by molar-refractivity contribution is -0.385. The maximum absolute atomic E-state index is 12.6. The molecule has 1 N–H and O–H groups in total. The van der Waals surface area contributed by atoms with Crippen LogP contribution in [0.3, 0.4) is 0 Å². The third-order valence-corrected chi connectivity index (χ3v) is 5.02. The Morgan fingerprint density at radius 1 is 1.18 bits per heavy atom. The van der Waals surface area contributed by atoms with E-state index in [9.17, 15) is 23.3 Å². The van der Waals surface area contributed by atoms with Crippen LogP contribution in [0.1, 0.15) is 0 Å². The molecule has 150 valence electrons. The molecule has 0 radical (unpaired) electrons. The van der Waals surface area contributed by atoms with E-state index in [0.717, 1.165) is 12.1 Å². The van der Waals surface area contributed by atoms with E-state index in [1.165, 1.54) is 42.3 Å². The number of likely N-dealkylation sites (N-methyl/N-ethyl adjacent to an activating group) is 1. The van der Waals surface area contributed by atoms with E-state index >= 15 is 0 Å². The second-order valence-electron chi connectivity index (χ2n) is 5.80. The molecule has 0 unspecified atom stereocenters. The van der Waals surface area contributed by atoms with Crippen molar-refractivity contribution in [2.45, 2.75) is 4.90 Å². The summed E-state index contributed by atoms with van der Waals surface area (Å²) in [6.45, 7) is -0.150. The number of nitrogens with one attached hydrogen (secondary N) is 1. The van der Waals surface area contributed by atoms with Crippen LogP contribution in [-0.4, -0.2) is 52.0 Å². The van der Waals surface area contributed by atoms with E-state index in [-0.39, 0.29) is 34.5 Å². The van der Waals surface area contributed by atoms with Crippen molar-refractivity contribution < 1.29 is 27.6 Å². The fraction of sp³-hybridized carbons (Fsp3) is 0.235. The maximum Gasteiger partial charge on any atom is 0.271 e. The first kappa shape index (κ1) is 21.0. The first-order valence-corrected chi connectivity index (χ1v) is 9.40. The average molecular weight is 409 g/mol. The summed E-state index contributed by atoms with van der Waals surface area (Å²) in [4.78, 5) is 22.8. The number of anilines is 1. The number of nitro benzene ring substituents is 1. The van der Waals surface area contributed by atoms with Crippen LogP contribution in [0.4, 0.5) is 11.4 Å². The highest BCUT2D eigenvalue weighted by Gasteiger charge is 2.23. The normalized spacial score (nSPS) is 10.8. The number of rotatable bonds is 8. The lowest BCUT2D eigenvalue weighted by atomic mass is 10.3. The molecule has 2 aromatic carbocycles. The summed E-state index contributed by atoms with van der Waals surface area (Å²) in [5.74, 6) is 0.133. The van der Waals surface area contributed by atoms with E-state index in [1.54, 1.807) is 14.1 Å². The van der Waals surface area contributed by atoms with Gasteiger partial charge in [0.05, 0.1) is 12.0 Å². The molecule has 0 saturated heterocycles. The highest BCUT2D eigenvalue weighted by Crippen LogP contribution is 2.30. The smallest absolute Gasteiger partial charge is 0.271 e. The average Bonchev–Trinajstić information content (AvgIpc) is 2.66. The lowest BCUT2D eigenvalue weighted by Gasteiger charge is -2.13. The van der Waals surface area contributed by atoms with Crippen LogP contribution in [0.25, 0.3) is 0 Å². The Hall–Kier alpha value is -3.34. The minimum atomic E-state index is -4.14.